The maximum atomic E-state index is 14.1. The standard InChI is InChI=1S/C43H55N9O6/c1-47(41(56)43(58-3)18-25-50(26-19-43)31-27-33(46-44-28-31)32-7-4-5-10-37(32)53)30-16-21-49(22-17-30)20-13-29-14-23-51(24-15-29)34-8-6-9-35-39(34)48(2)42(57)52(35)36-11-12-38(54)45-40(36)55/h4-10,27-30,36,53H,11-26H2,1-3H3,(H,45,54,55)/t36-/m1/s1. The summed E-state index contributed by atoms with van der Waals surface area (Å²) >= 11 is 0. The molecule has 4 aliphatic rings. The number of carbonyl (C=O) groups excluding carboxylic acids is 3. The number of amides is 3. The van der Waals surface area contributed by atoms with E-state index in [9.17, 15) is 24.3 Å². The first-order valence-corrected chi connectivity index (χ1v) is 20.8. The maximum Gasteiger partial charge on any atom is 0.329 e. The Morgan fingerprint density at radius 2 is 1.69 bits per heavy atom. The highest BCUT2D eigenvalue weighted by atomic mass is 16.5. The zero-order valence-corrected chi connectivity index (χ0v) is 33.8. The molecule has 0 spiro atoms. The van der Waals surface area contributed by atoms with E-state index in [2.05, 4.69) is 36.3 Å². The van der Waals surface area contributed by atoms with Gasteiger partial charge in [0, 0.05) is 91.3 Å². The van der Waals surface area contributed by atoms with Crippen LogP contribution in [0.5, 0.6) is 5.75 Å². The number of likely N-dealkylation sites (N-methyl/N-ethyl adjacent to an activating group) is 1. The van der Waals surface area contributed by atoms with Crippen LogP contribution in [0.25, 0.3) is 22.3 Å². The molecule has 0 saturated carbocycles. The molecule has 4 saturated heterocycles. The summed E-state index contributed by atoms with van der Waals surface area (Å²) < 4.78 is 9.24. The number of rotatable bonds is 10. The van der Waals surface area contributed by atoms with Gasteiger partial charge in [0.1, 0.15) is 17.4 Å². The normalized spacial score (nSPS) is 21.1. The zero-order valence-electron chi connectivity index (χ0n) is 33.8. The minimum Gasteiger partial charge on any atom is -0.507 e. The molecule has 3 amide bonds. The van der Waals surface area contributed by atoms with Gasteiger partial charge in [-0.3, -0.25) is 28.8 Å². The molecule has 15 nitrogen and oxygen atoms in total. The van der Waals surface area contributed by atoms with Gasteiger partial charge in [0.25, 0.3) is 5.91 Å². The number of aromatic nitrogens is 4. The first-order chi connectivity index (χ1) is 28.1. The third-order valence-corrected chi connectivity index (χ3v) is 13.4. The van der Waals surface area contributed by atoms with Crippen molar-refractivity contribution in [1.29, 1.82) is 0 Å². The molecule has 2 aromatic heterocycles. The second-order valence-corrected chi connectivity index (χ2v) is 16.5. The second kappa shape index (κ2) is 16.5. The number of benzene rings is 2. The quantitative estimate of drug-likeness (QED) is 0.226. The molecular weight excluding hydrogens is 739 g/mol. The summed E-state index contributed by atoms with van der Waals surface area (Å²) in [6, 6.07) is 14.4. The minimum absolute atomic E-state index is 0.0610. The molecule has 8 rings (SSSR count). The van der Waals surface area contributed by atoms with Crippen LogP contribution in [0.2, 0.25) is 0 Å². The number of hydrogen-bond donors (Lipinski definition) is 2. The number of phenolic OH excluding ortho intramolecular Hbond substituents is 1. The molecular formula is C43H55N9O6. The SMILES string of the molecule is COC1(C(=O)N(C)C2CCN(CCC3CCN(c4cccc5c4n(C)c(=O)n5[C@@H]4CCC(=O)NC4=O)CC3)CC2)CCN(c2cnnc(-c3ccccc3O)c2)CC1. The highest BCUT2D eigenvalue weighted by molar-refractivity contribution is 6.00. The van der Waals surface area contributed by atoms with Crippen molar-refractivity contribution in [2.24, 2.45) is 13.0 Å². The van der Waals surface area contributed by atoms with Crippen molar-refractivity contribution >= 4 is 40.1 Å². The number of fused-ring (bicyclic) bond motifs is 1. The number of hydrogen-bond acceptors (Lipinski definition) is 11. The number of nitrogens with zero attached hydrogens (tertiary/aromatic N) is 8. The first-order valence-electron chi connectivity index (χ1n) is 20.8. The predicted molar refractivity (Wildman–Crippen MR) is 221 cm³/mol. The number of imide groups is 1. The smallest absolute Gasteiger partial charge is 0.329 e. The van der Waals surface area contributed by atoms with Crippen LogP contribution in [0.1, 0.15) is 63.8 Å². The Hall–Kier alpha value is -5.28. The largest absolute Gasteiger partial charge is 0.507 e. The number of imidazole rings is 1. The third-order valence-electron chi connectivity index (χ3n) is 13.4. The number of likely N-dealkylation sites (tertiary alicyclic amines) is 1. The molecule has 2 aromatic carbocycles. The van der Waals surface area contributed by atoms with Crippen LogP contribution < -0.4 is 20.8 Å². The van der Waals surface area contributed by atoms with Crippen LogP contribution in [-0.4, -0.2) is 124 Å². The fourth-order valence-electron chi connectivity index (χ4n) is 9.73. The lowest BCUT2D eigenvalue weighted by molar-refractivity contribution is -0.159. The molecule has 0 unspecified atom stereocenters. The van der Waals surface area contributed by atoms with Crippen LogP contribution in [0.4, 0.5) is 11.4 Å². The van der Waals surface area contributed by atoms with E-state index < -0.39 is 17.6 Å². The number of para-hydroxylation sites is 2. The Labute approximate surface area is 338 Å². The van der Waals surface area contributed by atoms with Crippen molar-refractivity contribution in [2.75, 3.05) is 69.8 Å². The Morgan fingerprint density at radius 1 is 0.948 bits per heavy atom. The number of aromatic hydroxyl groups is 1. The molecule has 0 bridgehead atoms. The molecule has 4 aromatic rings. The van der Waals surface area contributed by atoms with Crippen LogP contribution >= 0.6 is 0 Å². The second-order valence-electron chi connectivity index (χ2n) is 16.5. The van der Waals surface area contributed by atoms with E-state index in [0.29, 0.717) is 49.5 Å². The van der Waals surface area contributed by atoms with E-state index in [0.717, 1.165) is 87.2 Å². The molecule has 308 valence electrons. The van der Waals surface area contributed by atoms with E-state index in [1.807, 2.05) is 42.3 Å². The Kier molecular flexibility index (Phi) is 11.3. The number of ether oxygens (including phenoxy) is 1. The van der Waals surface area contributed by atoms with Gasteiger partial charge in [-0.25, -0.2) is 4.79 Å². The van der Waals surface area contributed by atoms with Gasteiger partial charge in [-0.2, -0.15) is 10.2 Å². The van der Waals surface area contributed by atoms with E-state index in [-0.39, 0.29) is 35.7 Å². The van der Waals surface area contributed by atoms with Gasteiger partial charge in [0.05, 0.1) is 34.3 Å². The van der Waals surface area contributed by atoms with Crippen LogP contribution in [-0.2, 0) is 26.2 Å². The summed E-state index contributed by atoms with van der Waals surface area (Å²) in [5.74, 6) is 0.116. The van der Waals surface area contributed by atoms with E-state index in [1.54, 1.807) is 41.6 Å². The molecule has 6 heterocycles. The van der Waals surface area contributed by atoms with Crippen molar-refractivity contribution in [1.82, 2.24) is 34.4 Å². The maximum absolute atomic E-state index is 14.1. The van der Waals surface area contributed by atoms with Gasteiger partial charge in [0.15, 0.2) is 0 Å². The number of piperidine rings is 4. The van der Waals surface area contributed by atoms with Gasteiger partial charge >= 0.3 is 5.69 Å². The highest BCUT2D eigenvalue weighted by Crippen LogP contribution is 2.36. The number of phenols is 1. The highest BCUT2D eigenvalue weighted by Gasteiger charge is 2.45. The van der Waals surface area contributed by atoms with Crippen molar-refractivity contribution < 1.29 is 24.2 Å². The summed E-state index contributed by atoms with van der Waals surface area (Å²) in [6.07, 6.45) is 8.54. The van der Waals surface area contributed by atoms with Gasteiger partial charge in [0.2, 0.25) is 11.8 Å². The summed E-state index contributed by atoms with van der Waals surface area (Å²) in [5.41, 5.74) is 3.59. The van der Waals surface area contributed by atoms with Crippen molar-refractivity contribution in [3.05, 3.63) is 65.2 Å². The average molecular weight is 794 g/mol. The number of aryl methyl sites for hydroxylation is 1. The predicted octanol–water partition coefficient (Wildman–Crippen LogP) is 3.70. The fourth-order valence-corrected chi connectivity index (χ4v) is 9.73. The Morgan fingerprint density at radius 3 is 2.40 bits per heavy atom. The van der Waals surface area contributed by atoms with E-state index in [4.69, 9.17) is 4.74 Å². The summed E-state index contributed by atoms with van der Waals surface area (Å²) in [7, 11) is 5.36. The number of carbonyl (C=O) groups is 3. The van der Waals surface area contributed by atoms with E-state index >= 15 is 0 Å². The van der Waals surface area contributed by atoms with Gasteiger partial charge in [-0.15, -0.1) is 0 Å². The first kappa shape index (κ1) is 39.5. The molecule has 58 heavy (non-hydrogen) atoms. The lowest BCUT2D eigenvalue weighted by Gasteiger charge is -2.45. The summed E-state index contributed by atoms with van der Waals surface area (Å²) in [5, 5.41) is 21.2. The topological polar surface area (TPSA) is 158 Å². The zero-order chi connectivity index (χ0) is 40.6. The molecule has 15 heteroatoms. The molecule has 4 aliphatic heterocycles. The lowest BCUT2D eigenvalue weighted by atomic mass is 9.88. The Bertz CT molecular complexity index is 2210. The third kappa shape index (κ3) is 7.57. The molecule has 1 atom stereocenters. The molecule has 2 N–H and O–H groups in total. The molecule has 0 aliphatic carbocycles. The van der Waals surface area contributed by atoms with Gasteiger partial charge < -0.3 is 29.4 Å². The van der Waals surface area contributed by atoms with Gasteiger partial charge in [-0.1, -0.05) is 18.2 Å². The average Bonchev–Trinajstić information content (AvgIpc) is 3.51. The van der Waals surface area contributed by atoms with Crippen molar-refractivity contribution in [2.45, 2.75) is 75.5 Å². The van der Waals surface area contributed by atoms with Crippen molar-refractivity contribution in [3.8, 4) is 17.0 Å². The number of methoxy groups -OCH3 is 1. The summed E-state index contributed by atoms with van der Waals surface area (Å²) in [4.78, 5) is 61.1. The van der Waals surface area contributed by atoms with Crippen molar-refractivity contribution in [3.63, 3.8) is 0 Å². The minimum atomic E-state index is -0.865. The lowest BCUT2D eigenvalue weighted by Crippen LogP contribution is -2.58. The van der Waals surface area contributed by atoms with Crippen LogP contribution in [0.3, 0.4) is 0 Å². The summed E-state index contributed by atoms with van der Waals surface area (Å²) in [6.45, 7) is 6.05. The van der Waals surface area contributed by atoms with Gasteiger partial charge in [-0.05, 0) is 81.3 Å². The van der Waals surface area contributed by atoms with Crippen LogP contribution in [0, 0.1) is 5.92 Å². The monoisotopic (exact) mass is 793 g/mol. The molecule has 4 fully saturated rings. The Balaban J connectivity index is 0.807. The van der Waals surface area contributed by atoms with E-state index in [1.165, 1.54) is 0 Å². The number of anilines is 2. The number of nitrogens with one attached hydrogen (secondary N) is 1. The van der Waals surface area contributed by atoms with Crippen LogP contribution in [0.15, 0.2) is 59.5 Å². The fraction of sp³-hybridized carbons (Fsp3) is 0.535. The molecule has 0 radical (unpaired) electrons.